The van der Waals surface area contributed by atoms with Crippen LogP contribution in [0.25, 0.3) is 32.9 Å². The van der Waals surface area contributed by atoms with Crippen LogP contribution in [-0.4, -0.2) is 27.8 Å². The molecule has 1 heterocycles. The molecule has 0 atom stereocenters. The van der Waals surface area contributed by atoms with Gasteiger partial charge in [-0.25, -0.2) is 0 Å². The smallest absolute Gasteiger partial charge is 0.224 e. The Kier molecular flexibility index (Phi) is 6.40. The largest absolute Gasteiger partial charge is 0.396 e. The third-order valence-electron chi connectivity index (χ3n) is 5.43. The molecule has 0 bridgehead atoms. The van der Waals surface area contributed by atoms with Gasteiger partial charge in [0, 0.05) is 29.7 Å². The number of fused-ring (bicyclic) bond motifs is 2. The molecule has 5 nitrogen and oxygen atoms in total. The zero-order valence-electron chi connectivity index (χ0n) is 17.0. The maximum absolute atomic E-state index is 12.3. The standard InChI is InChI=1S/C25H27N3O2/c29-15-7-3-1-2-4-10-24(30)26-21-13-14-23-22(17-21)25(28-27-23)20-12-11-18-8-5-6-9-19(18)16-20/h5-6,8-9,11-14,16-17,29H,1-4,7,10,15H2,(H,26,30)(H,27,28). The summed E-state index contributed by atoms with van der Waals surface area (Å²) in [7, 11) is 0. The van der Waals surface area contributed by atoms with Crippen molar-refractivity contribution in [2.75, 3.05) is 11.9 Å². The van der Waals surface area contributed by atoms with E-state index in [1.165, 1.54) is 10.8 Å². The van der Waals surface area contributed by atoms with Crippen LogP contribution in [0.5, 0.6) is 0 Å². The van der Waals surface area contributed by atoms with Gasteiger partial charge >= 0.3 is 0 Å². The second kappa shape index (κ2) is 9.55. The number of rotatable bonds is 9. The van der Waals surface area contributed by atoms with Crippen LogP contribution in [0.1, 0.15) is 38.5 Å². The summed E-state index contributed by atoms with van der Waals surface area (Å²) in [6, 6.07) is 20.5. The topological polar surface area (TPSA) is 78.0 Å². The van der Waals surface area contributed by atoms with Crippen molar-refractivity contribution in [3.05, 3.63) is 60.7 Å². The summed E-state index contributed by atoms with van der Waals surface area (Å²) < 4.78 is 0. The van der Waals surface area contributed by atoms with Crippen molar-refractivity contribution >= 4 is 33.3 Å². The Hall–Kier alpha value is -3.18. The number of anilines is 1. The number of benzene rings is 3. The van der Waals surface area contributed by atoms with Gasteiger partial charge in [0.25, 0.3) is 0 Å². The van der Waals surface area contributed by atoms with Crippen LogP contribution < -0.4 is 5.32 Å². The Morgan fingerprint density at radius 2 is 1.70 bits per heavy atom. The predicted molar refractivity (Wildman–Crippen MR) is 122 cm³/mol. The number of unbranched alkanes of at least 4 members (excludes halogenated alkanes) is 4. The normalized spacial score (nSPS) is 11.2. The summed E-state index contributed by atoms with van der Waals surface area (Å²) in [4.78, 5) is 12.3. The minimum absolute atomic E-state index is 0.0345. The third kappa shape index (κ3) is 4.69. The molecule has 0 spiro atoms. The molecule has 0 radical (unpaired) electrons. The second-order valence-electron chi connectivity index (χ2n) is 7.68. The number of hydrogen-bond acceptors (Lipinski definition) is 3. The lowest BCUT2D eigenvalue weighted by molar-refractivity contribution is -0.116. The maximum atomic E-state index is 12.3. The molecule has 0 aliphatic heterocycles. The fourth-order valence-corrected chi connectivity index (χ4v) is 3.80. The van der Waals surface area contributed by atoms with Crippen LogP contribution in [0.3, 0.4) is 0 Å². The first kappa shape index (κ1) is 20.1. The number of amides is 1. The predicted octanol–water partition coefficient (Wildman–Crippen LogP) is 5.65. The summed E-state index contributed by atoms with van der Waals surface area (Å²) >= 11 is 0. The van der Waals surface area contributed by atoms with Crippen LogP contribution in [0.2, 0.25) is 0 Å². The van der Waals surface area contributed by atoms with Gasteiger partial charge in [0.15, 0.2) is 0 Å². The molecule has 0 unspecified atom stereocenters. The minimum atomic E-state index is 0.0345. The van der Waals surface area contributed by atoms with Crippen LogP contribution in [0.15, 0.2) is 60.7 Å². The molecule has 3 aromatic carbocycles. The Bertz CT molecular complexity index is 1150. The number of hydrogen-bond donors (Lipinski definition) is 3. The van der Waals surface area contributed by atoms with Crippen molar-refractivity contribution in [2.45, 2.75) is 38.5 Å². The van der Waals surface area contributed by atoms with Gasteiger partial charge in [0.2, 0.25) is 5.91 Å². The number of aliphatic hydroxyl groups is 1. The van der Waals surface area contributed by atoms with Gasteiger partial charge in [-0.1, -0.05) is 55.7 Å². The van der Waals surface area contributed by atoms with Crippen LogP contribution in [0, 0.1) is 0 Å². The lowest BCUT2D eigenvalue weighted by Crippen LogP contribution is -2.10. The highest BCUT2D eigenvalue weighted by Crippen LogP contribution is 2.30. The SMILES string of the molecule is O=C(CCCCCCCO)Nc1ccc2[nH]nc(-c3ccc4ccccc4c3)c2c1. The molecular formula is C25H27N3O2. The molecule has 0 fully saturated rings. The van der Waals surface area contributed by atoms with E-state index >= 15 is 0 Å². The minimum Gasteiger partial charge on any atom is -0.396 e. The Morgan fingerprint density at radius 3 is 2.57 bits per heavy atom. The zero-order chi connectivity index (χ0) is 20.8. The Labute approximate surface area is 176 Å². The van der Waals surface area contributed by atoms with Gasteiger partial charge in [-0.15, -0.1) is 0 Å². The Balaban J connectivity index is 1.46. The van der Waals surface area contributed by atoms with E-state index in [1.807, 2.05) is 30.3 Å². The molecule has 30 heavy (non-hydrogen) atoms. The lowest BCUT2D eigenvalue weighted by Gasteiger charge is -2.06. The number of nitrogens with one attached hydrogen (secondary N) is 2. The van der Waals surface area contributed by atoms with E-state index in [2.05, 4.69) is 45.8 Å². The number of carbonyl (C=O) groups excluding carboxylic acids is 1. The van der Waals surface area contributed by atoms with Crippen molar-refractivity contribution in [3.63, 3.8) is 0 Å². The maximum Gasteiger partial charge on any atom is 0.224 e. The molecule has 1 aromatic heterocycles. The van der Waals surface area contributed by atoms with Crippen LogP contribution in [0.4, 0.5) is 5.69 Å². The van der Waals surface area contributed by atoms with E-state index in [1.54, 1.807) is 0 Å². The van der Waals surface area contributed by atoms with E-state index in [0.717, 1.165) is 60.0 Å². The summed E-state index contributed by atoms with van der Waals surface area (Å²) in [6.07, 6.45) is 5.32. The monoisotopic (exact) mass is 401 g/mol. The molecule has 3 N–H and O–H groups in total. The summed E-state index contributed by atoms with van der Waals surface area (Å²) in [5.74, 6) is 0.0345. The van der Waals surface area contributed by atoms with Gasteiger partial charge in [-0.2, -0.15) is 5.10 Å². The first-order valence-corrected chi connectivity index (χ1v) is 10.6. The highest BCUT2D eigenvalue weighted by atomic mass is 16.2. The molecule has 0 saturated heterocycles. The molecule has 4 rings (SSSR count). The van der Waals surface area contributed by atoms with E-state index in [0.29, 0.717) is 6.42 Å². The lowest BCUT2D eigenvalue weighted by atomic mass is 10.0. The molecule has 154 valence electrons. The first-order chi connectivity index (χ1) is 14.7. The number of H-pyrrole nitrogens is 1. The van der Waals surface area contributed by atoms with Gasteiger partial charge in [-0.05, 0) is 47.9 Å². The fourth-order valence-electron chi connectivity index (χ4n) is 3.80. The van der Waals surface area contributed by atoms with Gasteiger partial charge < -0.3 is 10.4 Å². The molecule has 1 amide bonds. The quantitative estimate of drug-likeness (QED) is 0.317. The van der Waals surface area contributed by atoms with Gasteiger partial charge in [-0.3, -0.25) is 9.89 Å². The number of aliphatic hydroxyl groups excluding tert-OH is 1. The highest BCUT2D eigenvalue weighted by Gasteiger charge is 2.11. The zero-order valence-corrected chi connectivity index (χ0v) is 17.0. The van der Waals surface area contributed by atoms with Crippen molar-refractivity contribution in [1.29, 1.82) is 0 Å². The van der Waals surface area contributed by atoms with Crippen molar-refractivity contribution in [2.24, 2.45) is 0 Å². The van der Waals surface area contributed by atoms with E-state index in [9.17, 15) is 4.79 Å². The Morgan fingerprint density at radius 1 is 0.900 bits per heavy atom. The van der Waals surface area contributed by atoms with Crippen LogP contribution in [-0.2, 0) is 4.79 Å². The van der Waals surface area contributed by atoms with Gasteiger partial charge in [0.05, 0.1) is 11.2 Å². The molecule has 4 aromatic rings. The molecule has 0 aliphatic carbocycles. The summed E-state index contributed by atoms with van der Waals surface area (Å²) in [6.45, 7) is 0.248. The average molecular weight is 402 g/mol. The molecule has 5 heteroatoms. The van der Waals surface area contributed by atoms with Crippen molar-refractivity contribution in [1.82, 2.24) is 10.2 Å². The number of aromatic amines is 1. The van der Waals surface area contributed by atoms with Crippen LogP contribution >= 0.6 is 0 Å². The van der Waals surface area contributed by atoms with Crippen molar-refractivity contribution in [3.8, 4) is 11.3 Å². The average Bonchev–Trinajstić information content (AvgIpc) is 3.19. The fraction of sp³-hybridized carbons (Fsp3) is 0.280. The summed E-state index contributed by atoms with van der Waals surface area (Å²) in [5, 5.41) is 22.8. The van der Waals surface area contributed by atoms with Gasteiger partial charge in [0.1, 0.15) is 0 Å². The molecule has 0 aliphatic rings. The summed E-state index contributed by atoms with van der Waals surface area (Å²) in [5.41, 5.74) is 3.67. The number of carbonyl (C=O) groups is 1. The first-order valence-electron chi connectivity index (χ1n) is 10.6. The number of aromatic nitrogens is 2. The highest BCUT2D eigenvalue weighted by molar-refractivity contribution is 5.99. The van der Waals surface area contributed by atoms with E-state index in [-0.39, 0.29) is 12.5 Å². The van der Waals surface area contributed by atoms with E-state index in [4.69, 9.17) is 5.11 Å². The van der Waals surface area contributed by atoms with E-state index < -0.39 is 0 Å². The van der Waals surface area contributed by atoms with Crippen molar-refractivity contribution < 1.29 is 9.90 Å². The molecule has 0 saturated carbocycles. The second-order valence-corrected chi connectivity index (χ2v) is 7.68. The number of nitrogens with zero attached hydrogens (tertiary/aromatic N) is 1. The third-order valence-corrected chi connectivity index (χ3v) is 5.43. The molecular weight excluding hydrogens is 374 g/mol.